The second-order valence-corrected chi connectivity index (χ2v) is 4.86. The lowest BCUT2D eigenvalue weighted by Gasteiger charge is -2.26. The van der Waals surface area contributed by atoms with Crippen LogP contribution in [0.15, 0.2) is 12.1 Å². The Labute approximate surface area is 126 Å². The molecule has 0 aromatic heterocycles. The number of carboxylic acids is 1. The number of carboxylic acid groups (broad SMARTS) is 1. The molecule has 0 heterocycles. The number of halogens is 1. The Bertz CT molecular complexity index is 612. The number of nitrogens with zero attached hydrogens (tertiary/aromatic N) is 3. The van der Waals surface area contributed by atoms with Crippen molar-refractivity contribution in [1.82, 2.24) is 0 Å². The smallest absolute Gasteiger partial charge is 0.338 e. The molecule has 0 aliphatic heterocycles. The molecule has 1 atom stereocenters. The first-order valence-corrected chi connectivity index (χ1v) is 6.55. The minimum absolute atomic E-state index is 0.0198. The fraction of sp³-hybridized carbons (Fsp3) is 0.385. The van der Waals surface area contributed by atoms with Gasteiger partial charge in [0, 0.05) is 25.2 Å². The lowest BCUT2D eigenvalue weighted by molar-refractivity contribution is -0.384. The number of nitriles is 1. The Morgan fingerprint density at radius 3 is 2.67 bits per heavy atom. The number of aromatic carboxylic acids is 1. The van der Waals surface area contributed by atoms with Crippen LogP contribution in [0.3, 0.4) is 0 Å². The molecule has 0 spiro atoms. The molecule has 0 amide bonds. The standard InChI is InChI=1S/C13H14ClN3O4/c1-3-16(7-8(2)6-15)12-10(13(18)19)4-9(17(20)21)5-11(12)14/h4-5,8H,3,7H2,1-2H3,(H,18,19). The van der Waals surface area contributed by atoms with Gasteiger partial charge >= 0.3 is 5.97 Å². The molecule has 7 nitrogen and oxygen atoms in total. The molecule has 0 aliphatic carbocycles. The molecule has 112 valence electrons. The number of hydrogen-bond donors (Lipinski definition) is 1. The van der Waals surface area contributed by atoms with Crippen molar-refractivity contribution in [2.75, 3.05) is 18.0 Å². The Hall–Kier alpha value is -2.33. The SMILES string of the molecule is CCN(CC(C)C#N)c1c(Cl)cc([N+](=O)[O-])cc1C(=O)O. The van der Waals surface area contributed by atoms with E-state index in [4.69, 9.17) is 16.9 Å². The number of anilines is 1. The highest BCUT2D eigenvalue weighted by atomic mass is 35.5. The van der Waals surface area contributed by atoms with Gasteiger partial charge in [0.15, 0.2) is 0 Å². The van der Waals surface area contributed by atoms with Crippen molar-refractivity contribution in [1.29, 1.82) is 5.26 Å². The number of benzene rings is 1. The number of nitro benzene ring substituents is 1. The van der Waals surface area contributed by atoms with Gasteiger partial charge in [0.1, 0.15) is 0 Å². The van der Waals surface area contributed by atoms with E-state index in [1.54, 1.807) is 18.7 Å². The van der Waals surface area contributed by atoms with E-state index in [9.17, 15) is 20.0 Å². The summed E-state index contributed by atoms with van der Waals surface area (Å²) in [5.74, 6) is -1.64. The molecular formula is C13H14ClN3O4. The van der Waals surface area contributed by atoms with Crippen LogP contribution in [0, 0.1) is 27.4 Å². The summed E-state index contributed by atoms with van der Waals surface area (Å²) in [7, 11) is 0. The largest absolute Gasteiger partial charge is 0.478 e. The zero-order valence-electron chi connectivity index (χ0n) is 11.5. The Kier molecular flexibility index (Phi) is 5.50. The highest BCUT2D eigenvalue weighted by molar-refractivity contribution is 6.34. The highest BCUT2D eigenvalue weighted by Crippen LogP contribution is 2.34. The first kappa shape index (κ1) is 16.7. The van der Waals surface area contributed by atoms with E-state index in [1.165, 1.54) is 0 Å². The fourth-order valence-electron chi connectivity index (χ4n) is 1.92. The molecule has 0 saturated carbocycles. The summed E-state index contributed by atoms with van der Waals surface area (Å²) in [6.07, 6.45) is 0. The van der Waals surface area contributed by atoms with Gasteiger partial charge in [-0.15, -0.1) is 0 Å². The van der Waals surface area contributed by atoms with E-state index in [0.717, 1.165) is 12.1 Å². The number of rotatable bonds is 6. The van der Waals surface area contributed by atoms with Crippen LogP contribution < -0.4 is 4.90 Å². The average Bonchev–Trinajstić information content (AvgIpc) is 2.43. The van der Waals surface area contributed by atoms with E-state index in [0.29, 0.717) is 6.54 Å². The molecule has 0 fully saturated rings. The molecule has 0 radical (unpaired) electrons. The molecule has 1 aromatic carbocycles. The van der Waals surface area contributed by atoms with Gasteiger partial charge < -0.3 is 10.0 Å². The maximum atomic E-state index is 11.4. The lowest BCUT2D eigenvalue weighted by Crippen LogP contribution is -2.29. The van der Waals surface area contributed by atoms with Crippen molar-refractivity contribution < 1.29 is 14.8 Å². The van der Waals surface area contributed by atoms with Crippen LogP contribution in [0.4, 0.5) is 11.4 Å². The van der Waals surface area contributed by atoms with Crippen LogP contribution in [-0.4, -0.2) is 29.1 Å². The Balaban J connectivity index is 3.42. The van der Waals surface area contributed by atoms with Crippen molar-refractivity contribution >= 4 is 28.9 Å². The molecule has 21 heavy (non-hydrogen) atoms. The number of nitro groups is 1. The topological polar surface area (TPSA) is 107 Å². The van der Waals surface area contributed by atoms with Crippen molar-refractivity contribution in [2.45, 2.75) is 13.8 Å². The summed E-state index contributed by atoms with van der Waals surface area (Å²) in [6, 6.07) is 4.15. The fourth-order valence-corrected chi connectivity index (χ4v) is 2.26. The minimum Gasteiger partial charge on any atom is -0.478 e. The molecule has 1 aromatic rings. The van der Waals surface area contributed by atoms with Gasteiger partial charge in [-0.2, -0.15) is 5.26 Å². The quantitative estimate of drug-likeness (QED) is 0.639. The van der Waals surface area contributed by atoms with Crippen molar-refractivity contribution in [3.05, 3.63) is 32.8 Å². The summed E-state index contributed by atoms with van der Waals surface area (Å²) >= 11 is 6.03. The second-order valence-electron chi connectivity index (χ2n) is 4.45. The lowest BCUT2D eigenvalue weighted by atomic mass is 10.1. The molecule has 8 heteroatoms. The molecule has 1 unspecified atom stereocenters. The third-order valence-electron chi connectivity index (χ3n) is 2.90. The summed E-state index contributed by atoms with van der Waals surface area (Å²) in [6.45, 7) is 4.19. The summed E-state index contributed by atoms with van der Waals surface area (Å²) in [5.41, 5.74) is -0.439. The predicted octanol–water partition coefficient (Wildman–Crippen LogP) is 2.93. The second kappa shape index (κ2) is 6.90. The zero-order valence-corrected chi connectivity index (χ0v) is 12.3. The third-order valence-corrected chi connectivity index (χ3v) is 3.19. The van der Waals surface area contributed by atoms with E-state index >= 15 is 0 Å². The summed E-state index contributed by atoms with van der Waals surface area (Å²) in [4.78, 5) is 23.1. The summed E-state index contributed by atoms with van der Waals surface area (Å²) < 4.78 is 0. The van der Waals surface area contributed by atoms with Gasteiger partial charge in [0.05, 0.1) is 33.2 Å². The van der Waals surface area contributed by atoms with E-state index in [2.05, 4.69) is 6.07 Å². The molecular weight excluding hydrogens is 298 g/mol. The van der Waals surface area contributed by atoms with Crippen molar-refractivity contribution in [3.8, 4) is 6.07 Å². The van der Waals surface area contributed by atoms with Gasteiger partial charge in [-0.1, -0.05) is 11.6 Å². The van der Waals surface area contributed by atoms with Gasteiger partial charge in [0.25, 0.3) is 5.69 Å². The molecule has 0 bridgehead atoms. The van der Waals surface area contributed by atoms with Crippen molar-refractivity contribution in [3.63, 3.8) is 0 Å². The van der Waals surface area contributed by atoms with Gasteiger partial charge in [0.2, 0.25) is 0 Å². The zero-order chi connectivity index (χ0) is 16.2. The minimum atomic E-state index is -1.31. The van der Waals surface area contributed by atoms with E-state index < -0.39 is 10.9 Å². The molecule has 0 saturated heterocycles. The van der Waals surface area contributed by atoms with Crippen molar-refractivity contribution in [2.24, 2.45) is 5.92 Å². The number of carbonyl (C=O) groups is 1. The van der Waals surface area contributed by atoms with Crippen LogP contribution in [0.5, 0.6) is 0 Å². The monoisotopic (exact) mass is 311 g/mol. The van der Waals surface area contributed by atoms with Crippen LogP contribution in [0.25, 0.3) is 0 Å². The molecule has 0 aliphatic rings. The highest BCUT2D eigenvalue weighted by Gasteiger charge is 2.24. The van der Waals surface area contributed by atoms with Crippen LogP contribution in [0.1, 0.15) is 24.2 Å². The predicted molar refractivity (Wildman–Crippen MR) is 77.7 cm³/mol. The van der Waals surface area contributed by atoms with Gasteiger partial charge in [-0.05, 0) is 13.8 Å². The van der Waals surface area contributed by atoms with Gasteiger partial charge in [-0.3, -0.25) is 10.1 Å². The third kappa shape index (κ3) is 3.83. The van der Waals surface area contributed by atoms with E-state index in [-0.39, 0.29) is 34.4 Å². The van der Waals surface area contributed by atoms with E-state index in [1.807, 2.05) is 0 Å². The number of non-ortho nitro benzene ring substituents is 1. The maximum Gasteiger partial charge on any atom is 0.338 e. The van der Waals surface area contributed by atoms with Crippen LogP contribution in [-0.2, 0) is 0 Å². The van der Waals surface area contributed by atoms with Crippen LogP contribution in [0.2, 0.25) is 5.02 Å². The molecule has 1 N–H and O–H groups in total. The summed E-state index contributed by atoms with van der Waals surface area (Å²) in [5, 5.41) is 28.9. The van der Waals surface area contributed by atoms with Crippen LogP contribution >= 0.6 is 11.6 Å². The maximum absolute atomic E-state index is 11.4. The Morgan fingerprint density at radius 1 is 1.62 bits per heavy atom. The first-order chi connectivity index (χ1) is 9.81. The molecule has 1 rings (SSSR count). The first-order valence-electron chi connectivity index (χ1n) is 6.17. The van der Waals surface area contributed by atoms with Gasteiger partial charge in [-0.25, -0.2) is 4.79 Å². The average molecular weight is 312 g/mol. The normalized spacial score (nSPS) is 11.5. The number of hydrogen-bond acceptors (Lipinski definition) is 5. The Morgan fingerprint density at radius 2 is 2.24 bits per heavy atom.